The van der Waals surface area contributed by atoms with Gasteiger partial charge >= 0.3 is 0 Å². The summed E-state index contributed by atoms with van der Waals surface area (Å²) in [5, 5.41) is 15.7. The van der Waals surface area contributed by atoms with Crippen LogP contribution in [0.15, 0.2) is 41.9 Å². The Morgan fingerprint density at radius 2 is 1.65 bits per heavy atom. The van der Waals surface area contributed by atoms with Crippen LogP contribution in [0.1, 0.15) is 70.5 Å². The van der Waals surface area contributed by atoms with Crippen molar-refractivity contribution in [3.05, 3.63) is 69.6 Å². The maximum Gasteiger partial charge on any atom is 0.274 e. The second kappa shape index (κ2) is 17.0. The van der Waals surface area contributed by atoms with Gasteiger partial charge in [0.05, 0.1) is 19.1 Å². The number of thiazole rings is 1. The summed E-state index contributed by atoms with van der Waals surface area (Å²) in [6, 6.07) is 6.60. The van der Waals surface area contributed by atoms with Crippen molar-refractivity contribution < 1.29 is 28.8 Å². The summed E-state index contributed by atoms with van der Waals surface area (Å²) in [4.78, 5) is 93.3. The normalized spacial score (nSPS) is 20.2. The van der Waals surface area contributed by atoms with Crippen LogP contribution in [0.2, 0.25) is 0 Å². The van der Waals surface area contributed by atoms with Crippen LogP contribution in [0.3, 0.4) is 0 Å². The Balaban J connectivity index is 1.47. The predicted octanol–water partition coefficient (Wildman–Crippen LogP) is 1.79. The summed E-state index contributed by atoms with van der Waals surface area (Å²) >= 11 is 1.20. The van der Waals surface area contributed by atoms with E-state index in [2.05, 4.69) is 31.0 Å². The van der Waals surface area contributed by atoms with Crippen molar-refractivity contribution in [2.45, 2.75) is 58.7 Å². The molecule has 6 amide bonds. The third-order valence-corrected chi connectivity index (χ3v) is 10.3. The number of aryl methyl sites for hydroxylation is 2. The molecule has 0 saturated carbocycles. The average molecular weight is 761 g/mol. The molecule has 17 heteroatoms. The van der Waals surface area contributed by atoms with Crippen LogP contribution in [0, 0.1) is 12.8 Å². The Morgan fingerprint density at radius 1 is 0.926 bits per heavy atom. The van der Waals surface area contributed by atoms with Gasteiger partial charge in [0.1, 0.15) is 22.8 Å². The number of likely N-dealkylation sites (N-methyl/N-ethyl adjacent to an activating group) is 2. The van der Waals surface area contributed by atoms with Gasteiger partial charge in [-0.1, -0.05) is 32.0 Å². The molecule has 1 aromatic carbocycles. The summed E-state index contributed by atoms with van der Waals surface area (Å²) in [5.41, 5.74) is 2.63. The van der Waals surface area contributed by atoms with E-state index in [-0.39, 0.29) is 49.9 Å². The van der Waals surface area contributed by atoms with E-state index >= 15 is 0 Å². The van der Waals surface area contributed by atoms with Gasteiger partial charge in [-0.3, -0.25) is 33.4 Å². The second-order valence-corrected chi connectivity index (χ2v) is 15.1. The number of fused-ring (bicyclic) bond motifs is 3. The van der Waals surface area contributed by atoms with Crippen LogP contribution in [-0.4, -0.2) is 122 Å². The number of aromatic nitrogens is 4. The fourth-order valence-corrected chi connectivity index (χ4v) is 7.17. The van der Waals surface area contributed by atoms with Gasteiger partial charge in [-0.2, -0.15) is 5.10 Å². The average Bonchev–Trinajstić information content (AvgIpc) is 3.86. The van der Waals surface area contributed by atoms with E-state index in [0.29, 0.717) is 11.4 Å². The van der Waals surface area contributed by atoms with Crippen LogP contribution in [-0.2, 0) is 32.6 Å². The maximum absolute atomic E-state index is 13.9. The Bertz CT molecular complexity index is 2020. The number of H-pyrrole nitrogens is 1. The predicted molar refractivity (Wildman–Crippen MR) is 202 cm³/mol. The standard InChI is InChI=1S/C37H48N10O6S/c1-21(2)14-27-34-42-30(20-54-34)33(50)41-28(16-24-17-38-26-11-9-8-10-25(24)26)36(52)45(6)18-31(48)39-23(4)35(51)44(5)12-13-47(19-32(49)40-27)37(53)29-15-22(3)46(7)43-29/h8-11,15,17,20-21,23,27-28,38H,12-14,16,18-19H2,1-7H3,(H,39,48)(H,40,49)(H,41,50)/t23-,27-,28+/m0/s1. The lowest BCUT2D eigenvalue weighted by Crippen LogP contribution is -2.53. The first-order valence-electron chi connectivity index (χ1n) is 17.8. The van der Waals surface area contributed by atoms with Crippen LogP contribution < -0.4 is 16.0 Å². The number of nitrogens with zero attached hydrogens (tertiary/aromatic N) is 6. The zero-order chi connectivity index (χ0) is 39.3. The number of para-hydroxylation sites is 1. The highest BCUT2D eigenvalue weighted by Gasteiger charge is 2.31. The van der Waals surface area contributed by atoms with Gasteiger partial charge in [0.2, 0.25) is 23.6 Å². The molecular formula is C37H48N10O6S. The summed E-state index contributed by atoms with van der Waals surface area (Å²) in [6.45, 7) is 6.66. The molecule has 4 N–H and O–H groups in total. The minimum Gasteiger partial charge on any atom is -0.361 e. The Labute approximate surface area is 317 Å². The number of nitrogens with one attached hydrogen (secondary N) is 4. The molecule has 0 unspecified atom stereocenters. The van der Waals surface area contributed by atoms with Crippen LogP contribution >= 0.6 is 11.3 Å². The largest absolute Gasteiger partial charge is 0.361 e. The molecule has 0 saturated heterocycles. The van der Waals surface area contributed by atoms with Crippen LogP contribution in [0.5, 0.6) is 0 Å². The van der Waals surface area contributed by atoms with E-state index in [4.69, 9.17) is 0 Å². The smallest absolute Gasteiger partial charge is 0.274 e. The molecule has 4 aromatic rings. The van der Waals surface area contributed by atoms with Crippen LogP contribution in [0.4, 0.5) is 0 Å². The third kappa shape index (κ3) is 9.50. The number of aromatic amines is 1. The molecule has 0 spiro atoms. The van der Waals surface area contributed by atoms with E-state index in [1.165, 1.54) is 40.0 Å². The highest BCUT2D eigenvalue weighted by molar-refractivity contribution is 7.09. The van der Waals surface area contributed by atoms with Crippen molar-refractivity contribution in [1.29, 1.82) is 0 Å². The lowest BCUT2D eigenvalue weighted by Gasteiger charge is -2.28. The first kappa shape index (κ1) is 39.6. The summed E-state index contributed by atoms with van der Waals surface area (Å²) in [7, 11) is 4.71. The molecule has 0 fully saturated rings. The van der Waals surface area contributed by atoms with E-state index in [1.807, 2.05) is 38.1 Å². The lowest BCUT2D eigenvalue weighted by atomic mass is 10.0. The van der Waals surface area contributed by atoms with Gasteiger partial charge < -0.3 is 35.6 Å². The number of hydrogen-bond donors (Lipinski definition) is 4. The lowest BCUT2D eigenvalue weighted by molar-refractivity contribution is -0.138. The molecule has 1 aliphatic heterocycles. The van der Waals surface area contributed by atoms with Crippen molar-refractivity contribution in [3.63, 3.8) is 0 Å². The van der Waals surface area contributed by atoms with Gasteiger partial charge in [0.25, 0.3) is 11.8 Å². The number of amides is 6. The molecule has 3 atom stereocenters. The van der Waals surface area contributed by atoms with Gasteiger partial charge in [0.15, 0.2) is 5.69 Å². The van der Waals surface area contributed by atoms with Gasteiger partial charge in [-0.05, 0) is 43.9 Å². The number of carbonyl (C=O) groups is 6. The van der Waals surface area contributed by atoms with E-state index in [0.717, 1.165) is 22.2 Å². The summed E-state index contributed by atoms with van der Waals surface area (Å²) in [5.74, 6) is -2.95. The van der Waals surface area contributed by atoms with E-state index < -0.39 is 53.6 Å². The summed E-state index contributed by atoms with van der Waals surface area (Å²) in [6.07, 6.45) is 2.40. The molecule has 0 radical (unpaired) electrons. The molecule has 0 aliphatic carbocycles. The third-order valence-electron chi connectivity index (χ3n) is 9.34. The maximum atomic E-state index is 13.9. The molecule has 4 heterocycles. The molecule has 5 rings (SSSR count). The van der Waals surface area contributed by atoms with Crippen molar-refractivity contribution in [1.82, 2.24) is 50.4 Å². The fraction of sp³-hybridized carbons (Fsp3) is 0.459. The Morgan fingerprint density at radius 3 is 2.35 bits per heavy atom. The minimum absolute atomic E-state index is 0.00371. The molecule has 16 nitrogen and oxygen atoms in total. The first-order chi connectivity index (χ1) is 25.6. The molecule has 3 aromatic heterocycles. The second-order valence-electron chi connectivity index (χ2n) is 14.2. The number of hydrogen-bond acceptors (Lipinski definition) is 9. The van der Waals surface area contributed by atoms with Gasteiger partial charge in [-0.15, -0.1) is 11.3 Å². The molecular weight excluding hydrogens is 713 g/mol. The van der Waals surface area contributed by atoms with Gasteiger partial charge in [-0.25, -0.2) is 4.98 Å². The highest BCUT2D eigenvalue weighted by atomic mass is 32.1. The monoisotopic (exact) mass is 760 g/mol. The van der Waals surface area contributed by atoms with Crippen LogP contribution in [0.25, 0.3) is 10.9 Å². The minimum atomic E-state index is -1.07. The summed E-state index contributed by atoms with van der Waals surface area (Å²) < 4.78 is 1.56. The van der Waals surface area contributed by atoms with E-state index in [9.17, 15) is 28.8 Å². The molecule has 2 bridgehead atoms. The topological polar surface area (TPSA) is 195 Å². The number of rotatable bonds is 5. The van der Waals surface area contributed by atoms with Crippen molar-refractivity contribution >= 4 is 57.7 Å². The molecule has 54 heavy (non-hydrogen) atoms. The van der Waals surface area contributed by atoms with Crippen molar-refractivity contribution in [3.8, 4) is 0 Å². The number of benzene rings is 1. The Hall–Kier alpha value is -5.58. The SMILES string of the molecule is Cc1cc(C(=O)N2CCN(C)C(=O)[C@H](C)NC(=O)CN(C)C(=O)[C@@H](Cc3c[nH]c4ccccc34)NC(=O)c3csc(n3)[C@H](CC(C)C)NC(=O)C2)nn1C. The molecule has 1 aliphatic rings. The zero-order valence-electron chi connectivity index (χ0n) is 31.6. The van der Waals surface area contributed by atoms with E-state index in [1.54, 1.807) is 43.3 Å². The zero-order valence-corrected chi connectivity index (χ0v) is 32.5. The Kier molecular flexibility index (Phi) is 12.5. The first-order valence-corrected chi connectivity index (χ1v) is 18.7. The van der Waals surface area contributed by atoms with Crippen molar-refractivity contribution in [2.24, 2.45) is 13.0 Å². The van der Waals surface area contributed by atoms with Crippen molar-refractivity contribution in [2.75, 3.05) is 40.3 Å². The van der Waals surface area contributed by atoms with Gasteiger partial charge in [0, 0.05) is 68.8 Å². The molecule has 288 valence electrons. The fourth-order valence-electron chi connectivity index (χ4n) is 6.31. The highest BCUT2D eigenvalue weighted by Crippen LogP contribution is 2.25. The number of carbonyl (C=O) groups excluding carboxylic acids is 6. The quantitative estimate of drug-likeness (QED) is 0.236.